The van der Waals surface area contributed by atoms with E-state index in [4.69, 9.17) is 5.48 Å². The summed E-state index contributed by atoms with van der Waals surface area (Å²) in [7, 11) is 0. The molecule has 0 nitrogen and oxygen atoms in total. The van der Waals surface area contributed by atoms with Gasteiger partial charge < -0.3 is 0 Å². The second kappa shape index (κ2) is 9.22. The van der Waals surface area contributed by atoms with Gasteiger partial charge in [0.25, 0.3) is 0 Å². The Balaban J connectivity index is 1.42. The first-order valence-corrected chi connectivity index (χ1v) is 13.5. The quantitative estimate of drug-likeness (QED) is 0.164. The Bertz CT molecular complexity index is 2340. The van der Waals surface area contributed by atoms with Gasteiger partial charge in [0.15, 0.2) is 0 Å². The van der Waals surface area contributed by atoms with Crippen LogP contribution < -0.4 is 0 Å². The van der Waals surface area contributed by atoms with Crippen molar-refractivity contribution in [2.75, 3.05) is 0 Å². The first-order chi connectivity index (χ1) is 21.5. The van der Waals surface area contributed by atoms with Crippen LogP contribution in [-0.4, -0.2) is 0 Å². The van der Waals surface area contributed by atoms with Gasteiger partial charge in [-0.2, -0.15) is 0 Å². The number of benzene rings is 8. The van der Waals surface area contributed by atoms with Gasteiger partial charge in [0.2, 0.25) is 0 Å². The maximum Gasteiger partial charge on any atom is 0.0629 e. The van der Waals surface area contributed by atoms with Gasteiger partial charge in [0.1, 0.15) is 0 Å². The van der Waals surface area contributed by atoms with Gasteiger partial charge in [-0.3, -0.25) is 0 Å². The first kappa shape index (κ1) is 19.0. The molecule has 0 heterocycles. The van der Waals surface area contributed by atoms with E-state index in [0.29, 0.717) is 45.7 Å². The van der Waals surface area contributed by atoms with Gasteiger partial charge in [-0.05, 0) is 76.5 Å². The zero-order chi connectivity index (χ0) is 29.9. The molecule has 0 aliphatic rings. The molecule has 0 unspecified atom stereocenters. The van der Waals surface area contributed by atoms with Crippen molar-refractivity contribution < 1.29 is 5.48 Å². The third-order valence-corrected chi connectivity index (χ3v) is 7.91. The molecule has 0 aliphatic carbocycles. The summed E-state index contributed by atoms with van der Waals surface area (Å²) < 4.78 is 36.1. The molecule has 8 aromatic rings. The van der Waals surface area contributed by atoms with Gasteiger partial charge in [0, 0.05) is 0 Å². The molecule has 0 aromatic heterocycles. The van der Waals surface area contributed by atoms with E-state index in [2.05, 4.69) is 78.9 Å². The van der Waals surface area contributed by atoms with Crippen molar-refractivity contribution in [2.24, 2.45) is 0 Å². The van der Waals surface area contributed by atoms with Crippen molar-refractivity contribution >= 4 is 43.1 Å². The van der Waals surface area contributed by atoms with Crippen LogP contribution in [0, 0.1) is 0 Å². The van der Waals surface area contributed by atoms with Gasteiger partial charge in [-0.15, -0.1) is 0 Å². The summed E-state index contributed by atoms with van der Waals surface area (Å²) in [6, 6.07) is 45.1. The molecule has 0 amide bonds. The predicted octanol–water partition coefficient (Wildman–Crippen LogP) is 11.3. The lowest BCUT2D eigenvalue weighted by Crippen LogP contribution is -1.91. The topological polar surface area (TPSA) is 0 Å². The van der Waals surface area contributed by atoms with E-state index >= 15 is 0 Å². The van der Waals surface area contributed by atoms with Crippen molar-refractivity contribution in [3.63, 3.8) is 0 Å². The zero-order valence-electron chi connectivity index (χ0n) is 25.7. The summed E-state index contributed by atoms with van der Waals surface area (Å²) in [5.41, 5.74) is 5.39. The van der Waals surface area contributed by atoms with Crippen LogP contribution in [0.4, 0.5) is 0 Å². The minimum Gasteiger partial charge on any atom is -0.0622 e. The molecule has 0 saturated heterocycles. The number of hydrogen-bond acceptors (Lipinski definition) is 0. The first-order valence-electron chi connectivity index (χ1n) is 15.5. The molecule has 0 fully saturated rings. The molecule has 0 aliphatic heterocycles. The van der Waals surface area contributed by atoms with E-state index in [1.807, 2.05) is 30.3 Å². The van der Waals surface area contributed by atoms with Crippen molar-refractivity contribution in [3.8, 4) is 33.4 Å². The Hall–Kier alpha value is -5.20. The van der Waals surface area contributed by atoms with Crippen molar-refractivity contribution in [2.45, 2.75) is 0 Å². The maximum absolute atomic E-state index is 9.05. The highest BCUT2D eigenvalue weighted by molar-refractivity contribution is 6.21. The minimum atomic E-state index is 0.296. The molecular weight excluding hydrogens is 480 g/mol. The molecule has 0 spiro atoms. The SMILES string of the molecule is [2H]c1ccc([2H])c2c(-c3ccc(-c4cccc5c4ccc4ccccc45)cc3)c3c([2H])ccc([2H])c3c(-c3ccccc3)c12. The second-order valence-electron chi connectivity index (χ2n) is 10.1. The Morgan fingerprint density at radius 3 is 1.48 bits per heavy atom. The fourth-order valence-electron chi connectivity index (χ4n) is 6.12. The lowest BCUT2D eigenvalue weighted by atomic mass is 9.85. The van der Waals surface area contributed by atoms with Crippen LogP contribution in [0.25, 0.3) is 76.5 Å². The highest BCUT2D eigenvalue weighted by atomic mass is 14.2. The summed E-state index contributed by atoms with van der Waals surface area (Å²) in [4.78, 5) is 0. The Kier molecular flexibility index (Phi) is 4.37. The molecule has 0 radical (unpaired) electrons. The maximum atomic E-state index is 9.05. The fraction of sp³-hybridized carbons (Fsp3) is 0. The van der Waals surface area contributed by atoms with E-state index in [1.54, 1.807) is 24.3 Å². The van der Waals surface area contributed by atoms with Gasteiger partial charge >= 0.3 is 0 Å². The van der Waals surface area contributed by atoms with Crippen molar-refractivity contribution in [1.29, 1.82) is 0 Å². The monoisotopic (exact) mass is 510 g/mol. The van der Waals surface area contributed by atoms with Crippen LogP contribution in [0.5, 0.6) is 0 Å². The van der Waals surface area contributed by atoms with Crippen LogP contribution in [0.1, 0.15) is 5.48 Å². The van der Waals surface area contributed by atoms with Gasteiger partial charge in [-0.1, -0.05) is 158 Å². The molecule has 40 heavy (non-hydrogen) atoms. The van der Waals surface area contributed by atoms with Crippen LogP contribution in [0.3, 0.4) is 0 Å². The van der Waals surface area contributed by atoms with E-state index in [1.165, 1.54) is 21.5 Å². The summed E-state index contributed by atoms with van der Waals surface area (Å²) in [6.07, 6.45) is 0. The molecular formula is C40H26. The predicted molar refractivity (Wildman–Crippen MR) is 173 cm³/mol. The molecule has 0 atom stereocenters. The molecule has 8 aromatic carbocycles. The molecule has 0 heteroatoms. The number of fused-ring (bicyclic) bond motifs is 5. The number of hydrogen-bond donors (Lipinski definition) is 0. The van der Waals surface area contributed by atoms with Crippen molar-refractivity contribution in [1.82, 2.24) is 0 Å². The molecule has 0 N–H and O–H groups in total. The van der Waals surface area contributed by atoms with E-state index in [9.17, 15) is 0 Å². The standard InChI is InChI=1S/C40H26/c1-2-12-29(13-3-1)39-35-15-6-8-17-37(35)40(38-18-9-7-16-36(38)39)30-23-21-28(22-24-30)32-19-10-20-33-31-14-5-4-11-27(31)25-26-34(32)33/h1-26H/i15D,16D,17D,18D. The molecule has 0 saturated carbocycles. The van der Waals surface area contributed by atoms with Crippen LogP contribution in [0.15, 0.2) is 158 Å². The summed E-state index contributed by atoms with van der Waals surface area (Å²) in [5, 5.41) is 7.36. The highest BCUT2D eigenvalue weighted by Gasteiger charge is 2.16. The smallest absolute Gasteiger partial charge is 0.0622 e. The third kappa shape index (κ3) is 3.54. The zero-order valence-corrected chi connectivity index (χ0v) is 21.7. The normalized spacial score (nSPS) is 12.9. The summed E-state index contributed by atoms with van der Waals surface area (Å²) >= 11 is 0. The van der Waals surface area contributed by atoms with Gasteiger partial charge in [-0.25, -0.2) is 0 Å². The average Bonchev–Trinajstić information content (AvgIpc) is 3.07. The fourth-order valence-corrected chi connectivity index (χ4v) is 6.12. The lowest BCUT2D eigenvalue weighted by Gasteiger charge is -2.18. The third-order valence-electron chi connectivity index (χ3n) is 7.91. The Labute approximate surface area is 239 Å². The van der Waals surface area contributed by atoms with Crippen molar-refractivity contribution in [3.05, 3.63) is 158 Å². The molecule has 8 rings (SSSR count). The largest absolute Gasteiger partial charge is 0.0629 e. The Morgan fingerprint density at radius 1 is 0.300 bits per heavy atom. The molecule has 0 bridgehead atoms. The highest BCUT2D eigenvalue weighted by Crippen LogP contribution is 2.44. The molecule has 186 valence electrons. The van der Waals surface area contributed by atoms with Crippen LogP contribution >= 0.6 is 0 Å². The average molecular weight is 511 g/mol. The minimum absolute atomic E-state index is 0.296. The van der Waals surface area contributed by atoms with E-state index < -0.39 is 0 Å². The lowest BCUT2D eigenvalue weighted by molar-refractivity contribution is 1.63. The Morgan fingerprint density at radius 2 is 0.825 bits per heavy atom. The van der Waals surface area contributed by atoms with Gasteiger partial charge in [0.05, 0.1) is 5.48 Å². The number of rotatable bonds is 3. The van der Waals surface area contributed by atoms with E-state index in [-0.39, 0.29) is 0 Å². The summed E-state index contributed by atoms with van der Waals surface area (Å²) in [6.45, 7) is 0. The second-order valence-corrected chi connectivity index (χ2v) is 10.1. The van der Waals surface area contributed by atoms with E-state index in [0.717, 1.165) is 33.4 Å². The van der Waals surface area contributed by atoms with Crippen LogP contribution in [-0.2, 0) is 0 Å². The van der Waals surface area contributed by atoms with Crippen LogP contribution in [0.2, 0.25) is 0 Å². The summed E-state index contributed by atoms with van der Waals surface area (Å²) in [5.74, 6) is 0.